The first-order valence-corrected chi connectivity index (χ1v) is 7.59. The molecule has 0 radical (unpaired) electrons. The molecule has 1 rings (SSSR count). The highest BCUT2D eigenvalue weighted by Gasteiger charge is 2.23. The van der Waals surface area contributed by atoms with Crippen LogP contribution >= 0.6 is 31.9 Å². The number of carbonyl (C=O) groups is 1. The van der Waals surface area contributed by atoms with E-state index in [-0.39, 0.29) is 11.4 Å². The number of alkyl halides is 1. The minimum atomic E-state index is -0.233. The molecule has 1 atom stereocenters. The molecule has 0 aliphatic rings. The normalized spacial score (nSPS) is 13.8. The number of ether oxygens (including phenoxy) is 1. The quantitative estimate of drug-likeness (QED) is 0.792. The van der Waals surface area contributed by atoms with Crippen LogP contribution < -0.4 is 10.1 Å². The zero-order valence-corrected chi connectivity index (χ0v) is 13.9. The number of hydrogen-bond donors (Lipinski definition) is 1. The van der Waals surface area contributed by atoms with E-state index in [0.29, 0.717) is 11.3 Å². The first kappa shape index (κ1) is 15.5. The van der Waals surface area contributed by atoms with E-state index in [4.69, 9.17) is 4.74 Å². The zero-order valence-electron chi connectivity index (χ0n) is 10.7. The summed E-state index contributed by atoms with van der Waals surface area (Å²) in [6.07, 6.45) is 0.862. The van der Waals surface area contributed by atoms with Crippen LogP contribution in [0, 0.1) is 0 Å². The van der Waals surface area contributed by atoms with Crippen molar-refractivity contribution in [2.24, 2.45) is 0 Å². The Bertz CT molecular complexity index is 431. The molecule has 1 aromatic rings. The van der Waals surface area contributed by atoms with Gasteiger partial charge in [0, 0.05) is 16.4 Å². The van der Waals surface area contributed by atoms with Crippen molar-refractivity contribution in [1.82, 2.24) is 5.32 Å². The van der Waals surface area contributed by atoms with Gasteiger partial charge in [-0.05, 0) is 47.5 Å². The van der Waals surface area contributed by atoms with Gasteiger partial charge in [-0.3, -0.25) is 4.79 Å². The van der Waals surface area contributed by atoms with Gasteiger partial charge >= 0.3 is 0 Å². The number of halogens is 2. The molecule has 100 valence electrons. The Hall–Kier alpha value is -0.550. The predicted octanol–water partition coefficient (Wildman–Crippen LogP) is 3.75. The van der Waals surface area contributed by atoms with E-state index in [9.17, 15) is 4.79 Å². The fourth-order valence-corrected chi connectivity index (χ4v) is 2.45. The summed E-state index contributed by atoms with van der Waals surface area (Å²) < 4.78 is 5.91. The van der Waals surface area contributed by atoms with Gasteiger partial charge in [0.1, 0.15) is 5.75 Å². The van der Waals surface area contributed by atoms with E-state index in [1.807, 2.05) is 13.8 Å². The molecule has 0 fully saturated rings. The monoisotopic (exact) mass is 377 g/mol. The van der Waals surface area contributed by atoms with Crippen molar-refractivity contribution in [3.05, 3.63) is 28.2 Å². The fourth-order valence-electron chi connectivity index (χ4n) is 1.37. The van der Waals surface area contributed by atoms with Crippen LogP contribution in [0.5, 0.6) is 5.75 Å². The van der Waals surface area contributed by atoms with Crippen LogP contribution in [0.4, 0.5) is 0 Å². The summed E-state index contributed by atoms with van der Waals surface area (Å²) in [5, 5.41) is 3.75. The van der Waals surface area contributed by atoms with Crippen LogP contribution in [0.1, 0.15) is 30.6 Å². The Balaban J connectivity index is 2.88. The molecule has 0 heterocycles. The van der Waals surface area contributed by atoms with E-state index in [2.05, 4.69) is 37.2 Å². The Morgan fingerprint density at radius 1 is 1.50 bits per heavy atom. The summed E-state index contributed by atoms with van der Waals surface area (Å²) >= 11 is 6.80. The number of carbonyl (C=O) groups excluding carboxylic acids is 1. The second-order valence-corrected chi connectivity index (χ2v) is 5.77. The standard InChI is InChI=1S/C13H17Br2NO2/c1-4-13(2,8-14)16-12(17)9-5-6-11(18-3)10(15)7-9/h5-7H,4,8H2,1-3H3,(H,16,17). The molecule has 18 heavy (non-hydrogen) atoms. The maximum absolute atomic E-state index is 12.1. The number of benzene rings is 1. The van der Waals surface area contributed by atoms with Crippen molar-refractivity contribution in [3.8, 4) is 5.75 Å². The molecule has 3 nitrogen and oxygen atoms in total. The molecule has 0 aliphatic heterocycles. The lowest BCUT2D eigenvalue weighted by Gasteiger charge is -2.27. The van der Waals surface area contributed by atoms with Crippen molar-refractivity contribution in [1.29, 1.82) is 0 Å². The van der Waals surface area contributed by atoms with Crippen molar-refractivity contribution < 1.29 is 9.53 Å². The Morgan fingerprint density at radius 2 is 2.17 bits per heavy atom. The average molecular weight is 379 g/mol. The number of rotatable bonds is 5. The largest absolute Gasteiger partial charge is 0.496 e. The second-order valence-electron chi connectivity index (χ2n) is 4.35. The van der Waals surface area contributed by atoms with Gasteiger partial charge in [0.05, 0.1) is 11.6 Å². The van der Waals surface area contributed by atoms with Crippen molar-refractivity contribution in [3.63, 3.8) is 0 Å². The van der Waals surface area contributed by atoms with Crippen LogP contribution in [0.25, 0.3) is 0 Å². The molecular formula is C13H17Br2NO2. The van der Waals surface area contributed by atoms with Crippen LogP contribution in [0.3, 0.4) is 0 Å². The first-order chi connectivity index (χ1) is 8.45. The molecule has 0 aromatic heterocycles. The highest BCUT2D eigenvalue weighted by atomic mass is 79.9. The maximum atomic E-state index is 12.1. The third-order valence-electron chi connectivity index (χ3n) is 2.90. The third kappa shape index (κ3) is 3.72. The van der Waals surface area contributed by atoms with Gasteiger partial charge < -0.3 is 10.1 Å². The van der Waals surface area contributed by atoms with E-state index in [1.54, 1.807) is 25.3 Å². The molecule has 0 saturated heterocycles. The number of hydrogen-bond acceptors (Lipinski definition) is 2. The van der Waals surface area contributed by atoms with Gasteiger partial charge in [0.25, 0.3) is 5.91 Å². The first-order valence-electron chi connectivity index (χ1n) is 5.67. The summed E-state index contributed by atoms with van der Waals surface area (Å²) in [6, 6.07) is 5.29. The van der Waals surface area contributed by atoms with Gasteiger partial charge in [-0.15, -0.1) is 0 Å². The molecule has 1 N–H and O–H groups in total. The lowest BCUT2D eigenvalue weighted by molar-refractivity contribution is 0.0913. The predicted molar refractivity (Wildman–Crippen MR) is 80.7 cm³/mol. The van der Waals surface area contributed by atoms with Crippen molar-refractivity contribution in [2.45, 2.75) is 25.8 Å². The minimum absolute atomic E-state index is 0.0813. The van der Waals surface area contributed by atoms with Gasteiger partial charge in [-0.2, -0.15) is 0 Å². The molecule has 0 bridgehead atoms. The molecule has 0 saturated carbocycles. The van der Waals surface area contributed by atoms with Crippen LogP contribution in [0.15, 0.2) is 22.7 Å². The maximum Gasteiger partial charge on any atom is 0.251 e. The van der Waals surface area contributed by atoms with Gasteiger partial charge in [-0.25, -0.2) is 0 Å². The molecule has 1 unspecified atom stereocenters. The van der Waals surface area contributed by atoms with Gasteiger partial charge in [-0.1, -0.05) is 22.9 Å². The summed E-state index contributed by atoms with van der Waals surface area (Å²) in [5.41, 5.74) is 0.382. The molecule has 0 aliphatic carbocycles. The highest BCUT2D eigenvalue weighted by molar-refractivity contribution is 9.10. The van der Waals surface area contributed by atoms with E-state index in [1.165, 1.54) is 0 Å². The third-order valence-corrected chi connectivity index (χ3v) is 4.76. The lowest BCUT2D eigenvalue weighted by atomic mass is 10.0. The van der Waals surface area contributed by atoms with Crippen LogP contribution in [-0.2, 0) is 0 Å². The van der Waals surface area contributed by atoms with Crippen LogP contribution in [-0.4, -0.2) is 23.9 Å². The Kier molecular flexibility index (Phi) is 5.66. The summed E-state index contributed by atoms with van der Waals surface area (Å²) in [6.45, 7) is 4.06. The topological polar surface area (TPSA) is 38.3 Å². The van der Waals surface area contributed by atoms with Crippen molar-refractivity contribution in [2.75, 3.05) is 12.4 Å². The summed E-state index contributed by atoms with van der Waals surface area (Å²) in [5.74, 6) is 0.632. The van der Waals surface area contributed by atoms with Crippen molar-refractivity contribution >= 4 is 37.8 Å². The number of amides is 1. The summed E-state index contributed by atoms with van der Waals surface area (Å²) in [4.78, 5) is 12.1. The fraction of sp³-hybridized carbons (Fsp3) is 0.462. The van der Waals surface area contributed by atoms with E-state index >= 15 is 0 Å². The lowest BCUT2D eigenvalue weighted by Crippen LogP contribution is -2.46. The Labute approximate surface area is 125 Å². The SMILES string of the molecule is CCC(C)(CBr)NC(=O)c1ccc(OC)c(Br)c1. The van der Waals surface area contributed by atoms with E-state index in [0.717, 1.165) is 16.2 Å². The second kappa shape index (κ2) is 6.57. The molecule has 1 amide bonds. The number of methoxy groups -OCH3 is 1. The smallest absolute Gasteiger partial charge is 0.251 e. The minimum Gasteiger partial charge on any atom is -0.496 e. The molecule has 5 heteroatoms. The molecule has 1 aromatic carbocycles. The average Bonchev–Trinajstić information content (AvgIpc) is 2.38. The molecular weight excluding hydrogens is 362 g/mol. The van der Waals surface area contributed by atoms with E-state index < -0.39 is 0 Å². The number of nitrogens with one attached hydrogen (secondary N) is 1. The zero-order chi connectivity index (χ0) is 13.8. The molecule has 0 spiro atoms. The van der Waals surface area contributed by atoms with Crippen LogP contribution in [0.2, 0.25) is 0 Å². The highest BCUT2D eigenvalue weighted by Crippen LogP contribution is 2.25. The summed E-state index contributed by atoms with van der Waals surface area (Å²) in [7, 11) is 1.60. The van der Waals surface area contributed by atoms with Gasteiger partial charge in [0.15, 0.2) is 0 Å². The van der Waals surface area contributed by atoms with Gasteiger partial charge in [0.2, 0.25) is 0 Å². The Morgan fingerprint density at radius 3 is 2.61 bits per heavy atom.